The lowest BCUT2D eigenvalue weighted by atomic mass is 9.99. The summed E-state index contributed by atoms with van der Waals surface area (Å²) < 4.78 is 5.74. The van der Waals surface area contributed by atoms with Crippen molar-refractivity contribution in [2.45, 2.75) is 52.1 Å². The van der Waals surface area contributed by atoms with Crippen LogP contribution in [-0.2, 0) is 0 Å². The van der Waals surface area contributed by atoms with Crippen molar-refractivity contribution in [1.29, 1.82) is 5.26 Å². The summed E-state index contributed by atoms with van der Waals surface area (Å²) in [6.07, 6.45) is 3.83. The van der Waals surface area contributed by atoms with Crippen LogP contribution in [0.3, 0.4) is 0 Å². The van der Waals surface area contributed by atoms with E-state index in [2.05, 4.69) is 18.8 Å². The molecule has 0 radical (unpaired) electrons. The van der Waals surface area contributed by atoms with E-state index in [1.165, 1.54) is 0 Å². The number of rotatable bonds is 9. The molecular formula is C16H24N2O2. The molecule has 0 amide bonds. The third-order valence-corrected chi connectivity index (χ3v) is 3.23. The van der Waals surface area contributed by atoms with Crippen LogP contribution in [0, 0.1) is 17.2 Å². The van der Waals surface area contributed by atoms with Gasteiger partial charge >= 0.3 is 0 Å². The van der Waals surface area contributed by atoms with Crippen molar-refractivity contribution in [2.24, 2.45) is 5.92 Å². The number of aromatic nitrogens is 1. The first kappa shape index (κ1) is 16.5. The van der Waals surface area contributed by atoms with E-state index in [0.717, 1.165) is 25.7 Å². The lowest BCUT2D eigenvalue weighted by Gasteiger charge is -2.16. The molecule has 0 saturated carbocycles. The Kier molecular flexibility index (Phi) is 7.67. The number of nitrogens with zero attached hydrogens (tertiary/aromatic N) is 2. The van der Waals surface area contributed by atoms with Gasteiger partial charge in [0.05, 0.1) is 24.8 Å². The van der Waals surface area contributed by atoms with Gasteiger partial charge in [-0.15, -0.1) is 0 Å². The maximum absolute atomic E-state index is 9.75. The van der Waals surface area contributed by atoms with Crippen molar-refractivity contribution >= 4 is 0 Å². The molecule has 20 heavy (non-hydrogen) atoms. The number of hydrogen-bond donors (Lipinski definition) is 1. The van der Waals surface area contributed by atoms with Crippen LogP contribution in [0.25, 0.3) is 0 Å². The molecule has 0 aromatic carbocycles. The standard InChI is InChI=1S/C16H24N2O2/c1-3-6-13(7-4-2)12-20-16-9-5-8-14(18-16)15(19)10-11-17/h5,8-9,13,15,19H,3-4,6-7,10,12H2,1-2H3. The van der Waals surface area contributed by atoms with Crippen LogP contribution in [0.4, 0.5) is 0 Å². The van der Waals surface area contributed by atoms with Gasteiger partial charge < -0.3 is 9.84 Å². The number of nitriles is 1. The predicted molar refractivity (Wildman–Crippen MR) is 78.2 cm³/mol. The first-order valence-corrected chi connectivity index (χ1v) is 7.36. The van der Waals surface area contributed by atoms with Crippen molar-refractivity contribution < 1.29 is 9.84 Å². The second-order valence-corrected chi connectivity index (χ2v) is 5.03. The topological polar surface area (TPSA) is 66.1 Å². The average Bonchev–Trinajstić information content (AvgIpc) is 2.46. The van der Waals surface area contributed by atoms with E-state index in [9.17, 15) is 5.11 Å². The number of hydrogen-bond acceptors (Lipinski definition) is 4. The van der Waals surface area contributed by atoms with E-state index in [1.54, 1.807) is 18.2 Å². The van der Waals surface area contributed by atoms with Gasteiger partial charge in [-0.2, -0.15) is 5.26 Å². The second-order valence-electron chi connectivity index (χ2n) is 5.03. The van der Waals surface area contributed by atoms with E-state index in [-0.39, 0.29) is 6.42 Å². The Balaban J connectivity index is 2.59. The van der Waals surface area contributed by atoms with Crippen molar-refractivity contribution in [3.05, 3.63) is 23.9 Å². The highest BCUT2D eigenvalue weighted by Gasteiger charge is 2.11. The van der Waals surface area contributed by atoms with Crippen LogP contribution in [0.5, 0.6) is 5.88 Å². The van der Waals surface area contributed by atoms with Gasteiger partial charge in [-0.3, -0.25) is 0 Å². The number of ether oxygens (including phenoxy) is 1. The Bertz CT molecular complexity index is 423. The molecule has 1 aromatic rings. The fourth-order valence-electron chi connectivity index (χ4n) is 2.22. The maximum Gasteiger partial charge on any atom is 0.213 e. The summed E-state index contributed by atoms with van der Waals surface area (Å²) in [4.78, 5) is 4.26. The zero-order chi connectivity index (χ0) is 14.8. The summed E-state index contributed by atoms with van der Waals surface area (Å²) >= 11 is 0. The van der Waals surface area contributed by atoms with Crippen LogP contribution >= 0.6 is 0 Å². The van der Waals surface area contributed by atoms with Gasteiger partial charge in [0.25, 0.3) is 0 Å². The minimum atomic E-state index is -0.842. The molecule has 4 heteroatoms. The van der Waals surface area contributed by atoms with Gasteiger partial charge in [-0.1, -0.05) is 32.8 Å². The van der Waals surface area contributed by atoms with Crippen LogP contribution in [0.15, 0.2) is 18.2 Å². The smallest absolute Gasteiger partial charge is 0.213 e. The third kappa shape index (κ3) is 5.58. The van der Waals surface area contributed by atoms with E-state index in [4.69, 9.17) is 10.00 Å². The van der Waals surface area contributed by atoms with Gasteiger partial charge in [-0.25, -0.2) is 4.98 Å². The summed E-state index contributed by atoms with van der Waals surface area (Å²) in [6, 6.07) is 7.24. The maximum atomic E-state index is 9.75. The Morgan fingerprint density at radius 2 is 2.00 bits per heavy atom. The molecule has 0 saturated heterocycles. The van der Waals surface area contributed by atoms with Crippen molar-refractivity contribution in [3.8, 4) is 11.9 Å². The molecule has 0 aliphatic heterocycles. The van der Waals surface area contributed by atoms with Crippen LogP contribution in [0.2, 0.25) is 0 Å². The van der Waals surface area contributed by atoms with Gasteiger partial charge in [0, 0.05) is 6.07 Å². The fraction of sp³-hybridized carbons (Fsp3) is 0.625. The monoisotopic (exact) mass is 276 g/mol. The van der Waals surface area contributed by atoms with E-state index in [0.29, 0.717) is 24.1 Å². The third-order valence-electron chi connectivity index (χ3n) is 3.23. The molecule has 4 nitrogen and oxygen atoms in total. The highest BCUT2D eigenvalue weighted by molar-refractivity contribution is 5.18. The molecule has 0 aliphatic carbocycles. The lowest BCUT2D eigenvalue weighted by molar-refractivity contribution is 0.174. The molecule has 1 atom stereocenters. The van der Waals surface area contributed by atoms with Crippen LogP contribution in [0.1, 0.15) is 57.7 Å². The molecule has 1 rings (SSSR count). The summed E-state index contributed by atoms with van der Waals surface area (Å²) in [6.45, 7) is 5.02. The van der Waals surface area contributed by atoms with Crippen molar-refractivity contribution in [2.75, 3.05) is 6.61 Å². The first-order valence-electron chi connectivity index (χ1n) is 7.36. The Labute approximate surface area is 121 Å². The van der Waals surface area contributed by atoms with E-state index in [1.807, 2.05) is 6.07 Å². The fourth-order valence-corrected chi connectivity index (χ4v) is 2.22. The molecule has 0 spiro atoms. The van der Waals surface area contributed by atoms with Crippen molar-refractivity contribution in [1.82, 2.24) is 4.98 Å². The number of aliphatic hydroxyl groups excluding tert-OH is 1. The Hall–Kier alpha value is -1.60. The largest absolute Gasteiger partial charge is 0.477 e. The normalized spacial score (nSPS) is 12.2. The molecule has 1 unspecified atom stereocenters. The van der Waals surface area contributed by atoms with Gasteiger partial charge in [0.15, 0.2) is 0 Å². The number of pyridine rings is 1. The minimum absolute atomic E-state index is 0.0464. The average molecular weight is 276 g/mol. The quantitative estimate of drug-likeness (QED) is 0.748. The zero-order valence-corrected chi connectivity index (χ0v) is 12.4. The highest BCUT2D eigenvalue weighted by atomic mass is 16.5. The molecule has 0 fully saturated rings. The van der Waals surface area contributed by atoms with Crippen LogP contribution in [-0.4, -0.2) is 16.7 Å². The molecule has 0 bridgehead atoms. The van der Waals surface area contributed by atoms with E-state index >= 15 is 0 Å². The molecular weight excluding hydrogens is 252 g/mol. The summed E-state index contributed by atoms with van der Waals surface area (Å²) in [5.74, 6) is 1.08. The minimum Gasteiger partial charge on any atom is -0.477 e. The van der Waals surface area contributed by atoms with Crippen molar-refractivity contribution in [3.63, 3.8) is 0 Å². The first-order chi connectivity index (χ1) is 9.71. The SMILES string of the molecule is CCCC(CCC)COc1cccc(C(O)CC#N)n1. The second kappa shape index (κ2) is 9.33. The highest BCUT2D eigenvalue weighted by Crippen LogP contribution is 2.19. The molecule has 1 heterocycles. The predicted octanol–water partition coefficient (Wildman–Crippen LogP) is 3.62. The zero-order valence-electron chi connectivity index (χ0n) is 12.4. The summed E-state index contributed by atoms with van der Waals surface area (Å²) in [5.41, 5.74) is 0.492. The summed E-state index contributed by atoms with van der Waals surface area (Å²) in [5, 5.41) is 18.3. The number of aliphatic hydroxyl groups is 1. The van der Waals surface area contributed by atoms with Gasteiger partial charge in [-0.05, 0) is 24.8 Å². The lowest BCUT2D eigenvalue weighted by Crippen LogP contribution is -2.13. The van der Waals surface area contributed by atoms with Gasteiger partial charge in [0.2, 0.25) is 5.88 Å². The Morgan fingerprint density at radius 3 is 2.60 bits per heavy atom. The molecule has 1 N–H and O–H groups in total. The molecule has 110 valence electrons. The van der Waals surface area contributed by atoms with Crippen LogP contribution < -0.4 is 4.74 Å². The van der Waals surface area contributed by atoms with Gasteiger partial charge in [0.1, 0.15) is 6.10 Å². The Morgan fingerprint density at radius 1 is 1.30 bits per heavy atom. The van der Waals surface area contributed by atoms with E-state index < -0.39 is 6.10 Å². The molecule has 0 aliphatic rings. The molecule has 1 aromatic heterocycles. The summed E-state index contributed by atoms with van der Waals surface area (Å²) in [7, 11) is 0.